The molecule has 1 aromatic rings. The zero-order chi connectivity index (χ0) is 17.0. The van der Waals surface area contributed by atoms with Crippen molar-refractivity contribution in [3.63, 3.8) is 0 Å². The SMILES string of the molecule is Cc1cccc(F)c1[C@]12CC[C@H](C(C)(C)C#N)N1C(=O)[C@@H](N)C2. The van der Waals surface area contributed by atoms with Gasteiger partial charge < -0.3 is 10.6 Å². The van der Waals surface area contributed by atoms with E-state index in [0.29, 0.717) is 24.8 Å². The van der Waals surface area contributed by atoms with E-state index in [9.17, 15) is 14.4 Å². The fraction of sp³-hybridized carbons (Fsp3) is 0.556. The molecule has 5 heteroatoms. The Morgan fingerprint density at radius 1 is 1.48 bits per heavy atom. The molecule has 3 rings (SSSR count). The highest BCUT2D eigenvalue weighted by molar-refractivity contribution is 5.86. The summed E-state index contributed by atoms with van der Waals surface area (Å²) in [4.78, 5) is 14.5. The fourth-order valence-electron chi connectivity index (χ4n) is 4.44. The van der Waals surface area contributed by atoms with Gasteiger partial charge in [-0.2, -0.15) is 5.26 Å². The molecule has 2 fully saturated rings. The van der Waals surface area contributed by atoms with E-state index in [1.54, 1.807) is 11.0 Å². The Balaban J connectivity index is 2.19. The van der Waals surface area contributed by atoms with Crippen molar-refractivity contribution >= 4 is 5.91 Å². The van der Waals surface area contributed by atoms with E-state index in [1.165, 1.54) is 6.07 Å². The fourth-order valence-corrected chi connectivity index (χ4v) is 4.44. The number of amides is 1. The third-order valence-electron chi connectivity index (χ3n) is 5.52. The molecule has 0 saturated carbocycles. The Labute approximate surface area is 136 Å². The highest BCUT2D eigenvalue weighted by Gasteiger charge is 2.60. The number of nitrogens with zero attached hydrogens (tertiary/aromatic N) is 2. The van der Waals surface area contributed by atoms with E-state index in [4.69, 9.17) is 5.73 Å². The highest BCUT2D eigenvalue weighted by Crippen LogP contribution is 2.54. The Morgan fingerprint density at radius 2 is 2.17 bits per heavy atom. The monoisotopic (exact) mass is 315 g/mol. The first-order valence-corrected chi connectivity index (χ1v) is 8.00. The zero-order valence-electron chi connectivity index (χ0n) is 13.8. The lowest BCUT2D eigenvalue weighted by atomic mass is 9.82. The normalized spacial score (nSPS) is 30.4. The van der Waals surface area contributed by atoms with Crippen molar-refractivity contribution in [2.75, 3.05) is 0 Å². The topological polar surface area (TPSA) is 70.1 Å². The number of rotatable bonds is 2. The summed E-state index contributed by atoms with van der Waals surface area (Å²) in [5.41, 5.74) is 6.02. The van der Waals surface area contributed by atoms with Gasteiger partial charge in [-0.05, 0) is 51.7 Å². The van der Waals surface area contributed by atoms with Gasteiger partial charge in [0.25, 0.3) is 0 Å². The first kappa shape index (κ1) is 15.9. The van der Waals surface area contributed by atoms with Gasteiger partial charge in [0.2, 0.25) is 5.91 Å². The van der Waals surface area contributed by atoms with Gasteiger partial charge in [0.1, 0.15) is 5.82 Å². The maximum atomic E-state index is 14.7. The van der Waals surface area contributed by atoms with E-state index in [2.05, 4.69) is 6.07 Å². The van der Waals surface area contributed by atoms with Crippen LogP contribution in [0.15, 0.2) is 18.2 Å². The second kappa shape index (κ2) is 5.04. The van der Waals surface area contributed by atoms with Gasteiger partial charge in [-0.25, -0.2) is 4.39 Å². The summed E-state index contributed by atoms with van der Waals surface area (Å²) in [6.07, 6.45) is 1.74. The molecule has 2 aliphatic heterocycles. The van der Waals surface area contributed by atoms with Gasteiger partial charge in [0.05, 0.1) is 29.1 Å². The number of aryl methyl sites for hydroxylation is 1. The summed E-state index contributed by atoms with van der Waals surface area (Å²) in [5, 5.41) is 9.50. The van der Waals surface area contributed by atoms with E-state index in [-0.39, 0.29) is 17.8 Å². The van der Waals surface area contributed by atoms with Gasteiger partial charge in [0.15, 0.2) is 0 Å². The number of nitrogens with two attached hydrogens (primary N) is 1. The van der Waals surface area contributed by atoms with E-state index in [1.807, 2.05) is 26.8 Å². The summed E-state index contributed by atoms with van der Waals surface area (Å²) in [6, 6.07) is 6.40. The van der Waals surface area contributed by atoms with Gasteiger partial charge in [-0.15, -0.1) is 0 Å². The molecule has 2 heterocycles. The standard InChI is InChI=1S/C18H22FN3O/c1-11-5-4-6-12(19)15(11)18-8-7-14(17(2,3)10-20)22(18)16(23)13(21)9-18/h4-6,13-14H,7-9,21H2,1-3H3/t13-,14+,18+/m0/s1. The number of carbonyl (C=O) groups excluding carboxylic acids is 1. The van der Waals surface area contributed by atoms with Gasteiger partial charge in [-0.3, -0.25) is 4.79 Å². The van der Waals surface area contributed by atoms with Crippen LogP contribution in [0, 0.1) is 29.5 Å². The van der Waals surface area contributed by atoms with Crippen molar-refractivity contribution in [1.82, 2.24) is 4.90 Å². The maximum absolute atomic E-state index is 14.7. The van der Waals surface area contributed by atoms with Crippen molar-refractivity contribution in [1.29, 1.82) is 5.26 Å². The Hall–Kier alpha value is -1.93. The molecule has 0 unspecified atom stereocenters. The maximum Gasteiger partial charge on any atom is 0.240 e. The lowest BCUT2D eigenvalue weighted by molar-refractivity contribution is -0.134. The molecule has 0 bridgehead atoms. The van der Waals surface area contributed by atoms with Gasteiger partial charge in [-0.1, -0.05) is 12.1 Å². The van der Waals surface area contributed by atoms with Crippen LogP contribution in [0.5, 0.6) is 0 Å². The summed E-state index contributed by atoms with van der Waals surface area (Å²) in [5.74, 6) is -0.467. The van der Waals surface area contributed by atoms with Crippen molar-refractivity contribution in [3.05, 3.63) is 35.1 Å². The third kappa shape index (κ3) is 2.08. The lowest BCUT2D eigenvalue weighted by Gasteiger charge is -2.40. The second-order valence-electron chi connectivity index (χ2n) is 7.37. The van der Waals surface area contributed by atoms with Crippen molar-refractivity contribution in [3.8, 4) is 6.07 Å². The molecular weight excluding hydrogens is 293 g/mol. The minimum absolute atomic E-state index is 0.168. The van der Waals surface area contributed by atoms with Crippen LogP contribution in [-0.4, -0.2) is 22.9 Å². The molecular formula is C18H22FN3O. The van der Waals surface area contributed by atoms with Crippen molar-refractivity contribution in [2.45, 2.75) is 57.7 Å². The number of fused-ring (bicyclic) bond motifs is 1. The van der Waals surface area contributed by atoms with Gasteiger partial charge in [0, 0.05) is 5.56 Å². The van der Waals surface area contributed by atoms with Crippen LogP contribution in [0.3, 0.4) is 0 Å². The number of hydrogen-bond donors (Lipinski definition) is 1. The Morgan fingerprint density at radius 3 is 2.78 bits per heavy atom. The highest BCUT2D eigenvalue weighted by atomic mass is 19.1. The average molecular weight is 315 g/mol. The first-order chi connectivity index (χ1) is 10.7. The largest absolute Gasteiger partial charge is 0.327 e. The smallest absolute Gasteiger partial charge is 0.240 e. The number of carbonyl (C=O) groups is 1. The molecule has 0 radical (unpaired) electrons. The quantitative estimate of drug-likeness (QED) is 0.912. The molecule has 2 aliphatic rings. The van der Waals surface area contributed by atoms with E-state index >= 15 is 0 Å². The zero-order valence-corrected chi connectivity index (χ0v) is 13.8. The Kier molecular flexibility index (Phi) is 3.49. The van der Waals surface area contributed by atoms with Crippen LogP contribution < -0.4 is 5.73 Å². The summed E-state index contributed by atoms with van der Waals surface area (Å²) < 4.78 is 14.7. The predicted molar refractivity (Wildman–Crippen MR) is 84.7 cm³/mol. The van der Waals surface area contributed by atoms with E-state index in [0.717, 1.165) is 5.56 Å². The molecule has 23 heavy (non-hydrogen) atoms. The minimum atomic E-state index is -0.718. The molecule has 1 aromatic carbocycles. The molecule has 4 nitrogen and oxygen atoms in total. The van der Waals surface area contributed by atoms with Crippen molar-refractivity contribution < 1.29 is 9.18 Å². The van der Waals surface area contributed by atoms with Crippen LogP contribution in [0.1, 0.15) is 44.2 Å². The lowest BCUT2D eigenvalue weighted by Crippen LogP contribution is -2.49. The van der Waals surface area contributed by atoms with Crippen LogP contribution in [-0.2, 0) is 10.3 Å². The molecule has 2 N–H and O–H groups in total. The summed E-state index contributed by atoms with van der Waals surface area (Å²) >= 11 is 0. The molecule has 2 saturated heterocycles. The number of benzene rings is 1. The van der Waals surface area contributed by atoms with Crippen LogP contribution in [0.25, 0.3) is 0 Å². The number of hydrogen-bond acceptors (Lipinski definition) is 3. The molecule has 3 atom stereocenters. The molecule has 0 aliphatic carbocycles. The van der Waals surface area contributed by atoms with Crippen LogP contribution in [0.4, 0.5) is 4.39 Å². The average Bonchev–Trinajstić information content (AvgIpc) is 2.96. The van der Waals surface area contributed by atoms with Crippen LogP contribution >= 0.6 is 0 Å². The van der Waals surface area contributed by atoms with Gasteiger partial charge >= 0.3 is 0 Å². The third-order valence-corrected chi connectivity index (χ3v) is 5.52. The number of nitriles is 1. The van der Waals surface area contributed by atoms with Crippen molar-refractivity contribution in [2.24, 2.45) is 11.1 Å². The minimum Gasteiger partial charge on any atom is -0.327 e. The van der Waals surface area contributed by atoms with Crippen LogP contribution in [0.2, 0.25) is 0 Å². The summed E-state index contributed by atoms with van der Waals surface area (Å²) in [6.45, 7) is 5.53. The Bertz CT molecular complexity index is 688. The first-order valence-electron chi connectivity index (χ1n) is 8.00. The molecule has 0 aromatic heterocycles. The molecule has 1 amide bonds. The number of halogens is 1. The molecule has 0 spiro atoms. The second-order valence-corrected chi connectivity index (χ2v) is 7.37. The summed E-state index contributed by atoms with van der Waals surface area (Å²) in [7, 11) is 0. The van der Waals surface area contributed by atoms with E-state index < -0.39 is 17.0 Å². The molecule has 122 valence electrons. The predicted octanol–water partition coefficient (Wildman–Crippen LogP) is 2.60.